The number of rotatable bonds is 6. The first-order chi connectivity index (χ1) is 14.8. The van der Waals surface area contributed by atoms with Crippen LogP contribution in [0.4, 0.5) is 11.4 Å². The lowest BCUT2D eigenvalue weighted by molar-refractivity contribution is 1.44. The number of para-hydroxylation sites is 2. The predicted octanol–water partition coefficient (Wildman–Crippen LogP) is 7.94. The van der Waals surface area contributed by atoms with Gasteiger partial charge in [-0.3, -0.25) is 0 Å². The third kappa shape index (κ3) is 4.73. The van der Waals surface area contributed by atoms with Crippen molar-refractivity contribution >= 4 is 22.8 Å². The zero-order valence-corrected chi connectivity index (χ0v) is 16.9. The predicted molar refractivity (Wildman–Crippen MR) is 128 cm³/mol. The largest absolute Gasteiger partial charge is 0.657 e. The standard InChI is InChI=1S/C28H23N2/c1-22(27(23-14-6-2-7-15-23)29-25-18-10-4-11-19-25)28(24-16-8-3-9-17-24)30-26-20-12-5-13-21-26/h2-21H,1H3/q-1/b27-22-,30-28?. The third-order valence-electron chi connectivity index (χ3n) is 4.80. The van der Waals surface area contributed by atoms with Crippen molar-refractivity contribution in [1.29, 1.82) is 0 Å². The molecule has 0 saturated carbocycles. The van der Waals surface area contributed by atoms with E-state index in [1.807, 2.05) is 97.1 Å². The van der Waals surface area contributed by atoms with Gasteiger partial charge >= 0.3 is 0 Å². The van der Waals surface area contributed by atoms with Gasteiger partial charge < -0.3 is 5.32 Å². The molecule has 0 N–H and O–H groups in total. The maximum atomic E-state index is 5.02. The lowest BCUT2D eigenvalue weighted by atomic mass is 9.98. The van der Waals surface area contributed by atoms with E-state index in [1.165, 1.54) is 0 Å². The molecule has 2 nitrogen and oxygen atoms in total. The van der Waals surface area contributed by atoms with E-state index in [2.05, 4.69) is 31.2 Å². The van der Waals surface area contributed by atoms with Crippen LogP contribution < -0.4 is 0 Å². The smallest absolute Gasteiger partial charge is 0.0726 e. The molecule has 0 bridgehead atoms. The monoisotopic (exact) mass is 387 g/mol. The highest BCUT2D eigenvalue weighted by atomic mass is 14.9. The van der Waals surface area contributed by atoms with Gasteiger partial charge in [0.1, 0.15) is 0 Å². The average molecular weight is 388 g/mol. The molecule has 0 fully saturated rings. The first kappa shape index (κ1) is 19.4. The number of benzene rings is 4. The van der Waals surface area contributed by atoms with Gasteiger partial charge in [0.15, 0.2) is 0 Å². The Labute approximate surface area is 178 Å². The van der Waals surface area contributed by atoms with Crippen molar-refractivity contribution in [3.63, 3.8) is 0 Å². The second-order valence-corrected chi connectivity index (χ2v) is 6.95. The molecule has 0 saturated heterocycles. The van der Waals surface area contributed by atoms with E-state index in [1.54, 1.807) is 0 Å². The molecule has 4 aromatic rings. The fraction of sp³-hybridized carbons (Fsp3) is 0.0357. The van der Waals surface area contributed by atoms with Crippen LogP contribution in [0.2, 0.25) is 0 Å². The van der Waals surface area contributed by atoms with Crippen molar-refractivity contribution in [2.45, 2.75) is 6.92 Å². The summed E-state index contributed by atoms with van der Waals surface area (Å²) in [6.45, 7) is 2.10. The minimum atomic E-state index is 0.917. The maximum Gasteiger partial charge on any atom is 0.0726 e. The summed E-state index contributed by atoms with van der Waals surface area (Å²) in [4.78, 5) is 5.02. The van der Waals surface area contributed by atoms with Crippen molar-refractivity contribution in [3.05, 3.63) is 143 Å². The Morgan fingerprint density at radius 3 is 1.60 bits per heavy atom. The molecule has 0 radical (unpaired) electrons. The lowest BCUT2D eigenvalue weighted by Gasteiger charge is -2.30. The Balaban J connectivity index is 1.89. The minimum absolute atomic E-state index is 0.917. The van der Waals surface area contributed by atoms with E-state index in [0.717, 1.165) is 39.5 Å². The molecular formula is C28H23N2-. The van der Waals surface area contributed by atoms with Crippen LogP contribution in [0, 0.1) is 0 Å². The van der Waals surface area contributed by atoms with Gasteiger partial charge in [-0.2, -0.15) is 0 Å². The van der Waals surface area contributed by atoms with Crippen molar-refractivity contribution < 1.29 is 0 Å². The number of hydrogen-bond acceptors (Lipinski definition) is 1. The number of allylic oxidation sites excluding steroid dienone is 1. The fourth-order valence-electron chi connectivity index (χ4n) is 3.30. The summed E-state index contributed by atoms with van der Waals surface area (Å²) in [5, 5.41) is 5.02. The summed E-state index contributed by atoms with van der Waals surface area (Å²) in [7, 11) is 0. The normalized spacial score (nSPS) is 12.2. The topological polar surface area (TPSA) is 26.5 Å². The van der Waals surface area contributed by atoms with Gasteiger partial charge in [0.05, 0.1) is 11.4 Å². The molecule has 30 heavy (non-hydrogen) atoms. The molecule has 0 unspecified atom stereocenters. The summed E-state index contributed by atoms with van der Waals surface area (Å²) in [5.41, 5.74) is 6.83. The van der Waals surface area contributed by atoms with Crippen LogP contribution in [-0.4, -0.2) is 5.71 Å². The zero-order valence-electron chi connectivity index (χ0n) is 16.9. The van der Waals surface area contributed by atoms with Crippen molar-refractivity contribution in [1.82, 2.24) is 0 Å². The first-order valence-corrected chi connectivity index (χ1v) is 10.0. The first-order valence-electron chi connectivity index (χ1n) is 10.0. The summed E-state index contributed by atoms with van der Waals surface area (Å²) >= 11 is 0. The average Bonchev–Trinajstić information content (AvgIpc) is 2.83. The van der Waals surface area contributed by atoms with Crippen LogP contribution >= 0.6 is 0 Å². The van der Waals surface area contributed by atoms with E-state index in [0.29, 0.717) is 0 Å². The Morgan fingerprint density at radius 1 is 0.567 bits per heavy atom. The van der Waals surface area contributed by atoms with Gasteiger partial charge in [-0.25, -0.2) is 4.99 Å². The van der Waals surface area contributed by atoms with E-state index in [9.17, 15) is 0 Å². The Bertz CT molecular complexity index is 1130. The van der Waals surface area contributed by atoms with E-state index in [4.69, 9.17) is 10.3 Å². The molecule has 0 aliphatic carbocycles. The zero-order chi connectivity index (χ0) is 20.6. The molecule has 4 rings (SSSR count). The second kappa shape index (κ2) is 9.53. The Kier molecular flexibility index (Phi) is 6.16. The summed E-state index contributed by atoms with van der Waals surface area (Å²) < 4.78 is 0. The summed E-state index contributed by atoms with van der Waals surface area (Å²) in [6, 6.07) is 40.7. The van der Waals surface area contributed by atoms with Gasteiger partial charge in [0, 0.05) is 5.56 Å². The van der Waals surface area contributed by atoms with E-state index in [-0.39, 0.29) is 0 Å². The molecule has 146 valence electrons. The van der Waals surface area contributed by atoms with Crippen LogP contribution in [0.3, 0.4) is 0 Å². The third-order valence-corrected chi connectivity index (χ3v) is 4.80. The highest BCUT2D eigenvalue weighted by Gasteiger charge is 2.09. The quantitative estimate of drug-likeness (QED) is 0.300. The molecule has 4 aromatic carbocycles. The van der Waals surface area contributed by atoms with Crippen LogP contribution in [0.5, 0.6) is 0 Å². The molecule has 0 amide bonds. The molecule has 0 aliphatic heterocycles. The molecule has 0 aliphatic rings. The molecular weight excluding hydrogens is 364 g/mol. The van der Waals surface area contributed by atoms with Crippen LogP contribution in [0.25, 0.3) is 11.0 Å². The molecule has 2 heteroatoms. The van der Waals surface area contributed by atoms with Crippen molar-refractivity contribution in [3.8, 4) is 0 Å². The van der Waals surface area contributed by atoms with Crippen molar-refractivity contribution in [2.75, 3.05) is 0 Å². The van der Waals surface area contributed by atoms with Crippen molar-refractivity contribution in [2.24, 2.45) is 4.99 Å². The van der Waals surface area contributed by atoms with Gasteiger partial charge in [-0.1, -0.05) is 109 Å². The van der Waals surface area contributed by atoms with E-state index >= 15 is 0 Å². The number of hydrogen-bond donors (Lipinski definition) is 0. The fourth-order valence-corrected chi connectivity index (χ4v) is 3.30. The Morgan fingerprint density at radius 2 is 1.03 bits per heavy atom. The van der Waals surface area contributed by atoms with Crippen LogP contribution in [0.1, 0.15) is 18.1 Å². The van der Waals surface area contributed by atoms with Gasteiger partial charge in [-0.15, -0.1) is 11.4 Å². The number of aliphatic imine (C=N–C) groups is 1. The summed E-state index contributed by atoms with van der Waals surface area (Å²) in [6.07, 6.45) is 0. The van der Waals surface area contributed by atoms with Gasteiger partial charge in [-0.05, 0) is 30.2 Å². The Hall–Kier alpha value is -3.91. The van der Waals surface area contributed by atoms with Gasteiger partial charge in [0.25, 0.3) is 0 Å². The minimum Gasteiger partial charge on any atom is -0.657 e. The second-order valence-electron chi connectivity index (χ2n) is 6.95. The van der Waals surface area contributed by atoms with Crippen LogP contribution in [-0.2, 0) is 0 Å². The van der Waals surface area contributed by atoms with Gasteiger partial charge in [0.2, 0.25) is 0 Å². The molecule has 0 atom stereocenters. The highest BCUT2D eigenvalue weighted by molar-refractivity contribution is 6.18. The number of nitrogens with zero attached hydrogens (tertiary/aromatic N) is 2. The lowest BCUT2D eigenvalue weighted by Crippen LogP contribution is -2.05. The van der Waals surface area contributed by atoms with Crippen LogP contribution in [0.15, 0.2) is 132 Å². The SMILES string of the molecule is C/C(C(=Nc1ccccc1)c1ccccc1)=C(/[N-]c1ccccc1)c1ccccc1. The molecule has 0 spiro atoms. The molecule has 0 heterocycles. The van der Waals surface area contributed by atoms with E-state index < -0.39 is 0 Å². The molecule has 0 aromatic heterocycles. The highest BCUT2D eigenvalue weighted by Crippen LogP contribution is 2.34. The maximum absolute atomic E-state index is 5.02. The summed E-state index contributed by atoms with van der Waals surface area (Å²) in [5.74, 6) is 0.